The molecule has 2 amide bonds. The lowest BCUT2D eigenvalue weighted by atomic mass is 10.1. The average molecular weight is 375 g/mol. The zero-order chi connectivity index (χ0) is 18.6. The smallest absolute Gasteiger partial charge is 0.256 e. The number of nitrogens with zero attached hydrogens (tertiary/aromatic N) is 1. The summed E-state index contributed by atoms with van der Waals surface area (Å²) >= 11 is 1.52. The molecule has 2 aromatic carbocycles. The summed E-state index contributed by atoms with van der Waals surface area (Å²) in [5, 5.41) is 5.81. The summed E-state index contributed by atoms with van der Waals surface area (Å²) in [5.41, 5.74) is 2.74. The van der Waals surface area contributed by atoms with Crippen LogP contribution in [0.5, 0.6) is 0 Å². The molecule has 1 aliphatic rings. The second-order valence-corrected chi connectivity index (χ2v) is 7.17. The van der Waals surface area contributed by atoms with Crippen molar-refractivity contribution in [3.63, 3.8) is 0 Å². The van der Waals surface area contributed by atoms with Gasteiger partial charge in [-0.1, -0.05) is 30.0 Å². The van der Waals surface area contributed by atoms with Crippen molar-refractivity contribution in [1.29, 1.82) is 0 Å². The maximum atomic E-state index is 12.5. The fourth-order valence-corrected chi connectivity index (χ4v) is 3.87. The number of rotatable bonds is 4. The van der Waals surface area contributed by atoms with Crippen molar-refractivity contribution in [1.82, 2.24) is 10.3 Å². The van der Waals surface area contributed by atoms with Gasteiger partial charge in [-0.25, -0.2) is 0 Å². The monoisotopic (exact) mass is 375 g/mol. The Balaban J connectivity index is 1.47. The van der Waals surface area contributed by atoms with Crippen LogP contribution in [-0.2, 0) is 6.42 Å². The summed E-state index contributed by atoms with van der Waals surface area (Å²) < 4.78 is 0. The topological polar surface area (TPSA) is 71.1 Å². The van der Waals surface area contributed by atoms with E-state index in [4.69, 9.17) is 0 Å². The number of pyridine rings is 1. The number of aromatic nitrogens is 1. The van der Waals surface area contributed by atoms with Crippen molar-refractivity contribution in [3.05, 3.63) is 83.7 Å². The van der Waals surface area contributed by atoms with Crippen LogP contribution in [0.15, 0.2) is 76.7 Å². The minimum absolute atomic E-state index is 0.162. The Morgan fingerprint density at radius 1 is 1.04 bits per heavy atom. The molecule has 6 heteroatoms. The Morgan fingerprint density at radius 2 is 1.89 bits per heavy atom. The van der Waals surface area contributed by atoms with Crippen LogP contribution in [-0.4, -0.2) is 23.3 Å². The maximum Gasteiger partial charge on any atom is 0.256 e. The van der Waals surface area contributed by atoms with Gasteiger partial charge in [0.25, 0.3) is 11.8 Å². The molecule has 27 heavy (non-hydrogen) atoms. The number of hydrogen-bond acceptors (Lipinski definition) is 4. The molecule has 0 saturated carbocycles. The van der Waals surface area contributed by atoms with Crippen LogP contribution in [0.4, 0.5) is 5.69 Å². The second kappa shape index (κ2) is 7.63. The van der Waals surface area contributed by atoms with Gasteiger partial charge in [-0.05, 0) is 42.5 Å². The number of carbonyl (C=O) groups is 2. The molecule has 0 bridgehead atoms. The van der Waals surface area contributed by atoms with Gasteiger partial charge in [0.1, 0.15) is 0 Å². The first-order valence-electron chi connectivity index (χ1n) is 8.61. The van der Waals surface area contributed by atoms with Crippen LogP contribution >= 0.6 is 11.8 Å². The van der Waals surface area contributed by atoms with Crippen LogP contribution < -0.4 is 10.6 Å². The molecule has 0 aliphatic carbocycles. The van der Waals surface area contributed by atoms with E-state index in [-0.39, 0.29) is 11.8 Å². The first-order chi connectivity index (χ1) is 13.2. The van der Waals surface area contributed by atoms with E-state index in [9.17, 15) is 9.59 Å². The lowest BCUT2D eigenvalue weighted by Gasteiger charge is -2.09. The summed E-state index contributed by atoms with van der Waals surface area (Å²) in [4.78, 5) is 31.0. The van der Waals surface area contributed by atoms with Gasteiger partial charge in [-0.3, -0.25) is 14.6 Å². The first-order valence-corrected chi connectivity index (χ1v) is 9.43. The van der Waals surface area contributed by atoms with E-state index in [2.05, 4.69) is 15.6 Å². The summed E-state index contributed by atoms with van der Waals surface area (Å²) in [6.45, 7) is 0.499. The van der Waals surface area contributed by atoms with Gasteiger partial charge in [0.15, 0.2) is 0 Å². The minimum atomic E-state index is -0.172. The minimum Gasteiger partial charge on any atom is -0.352 e. The van der Waals surface area contributed by atoms with E-state index in [1.165, 1.54) is 11.8 Å². The number of nitrogens with one attached hydrogen (secondary N) is 2. The second-order valence-electron chi connectivity index (χ2n) is 6.09. The molecular weight excluding hydrogens is 358 g/mol. The molecule has 0 radical (unpaired) electrons. The van der Waals surface area contributed by atoms with E-state index in [0.717, 1.165) is 15.5 Å². The highest BCUT2D eigenvalue weighted by molar-refractivity contribution is 7.99. The van der Waals surface area contributed by atoms with Crippen molar-refractivity contribution < 1.29 is 9.59 Å². The molecule has 0 unspecified atom stereocenters. The van der Waals surface area contributed by atoms with E-state index >= 15 is 0 Å². The Hall–Kier alpha value is -3.12. The number of anilines is 1. The van der Waals surface area contributed by atoms with Crippen LogP contribution in [0.2, 0.25) is 0 Å². The van der Waals surface area contributed by atoms with Crippen LogP contribution in [0.3, 0.4) is 0 Å². The van der Waals surface area contributed by atoms with E-state index in [1.807, 2.05) is 42.5 Å². The fourth-order valence-electron chi connectivity index (χ4n) is 2.86. The molecule has 3 aromatic rings. The van der Waals surface area contributed by atoms with E-state index in [1.54, 1.807) is 24.4 Å². The maximum absolute atomic E-state index is 12.5. The highest BCUT2D eigenvalue weighted by Gasteiger charge is 2.20. The summed E-state index contributed by atoms with van der Waals surface area (Å²) in [6.07, 6.45) is 2.40. The lowest BCUT2D eigenvalue weighted by molar-refractivity contribution is 0.0952. The van der Waals surface area contributed by atoms with Gasteiger partial charge >= 0.3 is 0 Å². The normalized spacial score (nSPS) is 12.4. The van der Waals surface area contributed by atoms with Crippen LogP contribution in [0.1, 0.15) is 26.4 Å². The quantitative estimate of drug-likeness (QED) is 0.728. The molecule has 134 valence electrons. The molecule has 0 spiro atoms. The van der Waals surface area contributed by atoms with Crippen molar-refractivity contribution >= 4 is 29.3 Å². The molecule has 2 heterocycles. The molecule has 4 rings (SSSR count). The molecule has 0 atom stereocenters. The molecule has 1 aliphatic heterocycles. The average Bonchev–Trinajstić information content (AvgIpc) is 2.84. The van der Waals surface area contributed by atoms with Gasteiger partial charge in [0, 0.05) is 40.2 Å². The molecule has 5 nitrogen and oxygen atoms in total. The lowest BCUT2D eigenvalue weighted by Crippen LogP contribution is -2.26. The third-order valence-electron chi connectivity index (χ3n) is 4.23. The van der Waals surface area contributed by atoms with Crippen molar-refractivity contribution in [2.75, 3.05) is 11.9 Å². The van der Waals surface area contributed by atoms with Gasteiger partial charge in [0.05, 0.1) is 11.3 Å². The van der Waals surface area contributed by atoms with Gasteiger partial charge < -0.3 is 10.6 Å². The molecule has 0 saturated heterocycles. The third-order valence-corrected chi connectivity index (χ3v) is 5.39. The number of fused-ring (bicyclic) bond motifs is 2. The Kier molecular flexibility index (Phi) is 4.89. The van der Waals surface area contributed by atoms with Crippen molar-refractivity contribution in [2.45, 2.75) is 16.2 Å². The van der Waals surface area contributed by atoms with Crippen molar-refractivity contribution in [3.8, 4) is 0 Å². The zero-order valence-electron chi connectivity index (χ0n) is 14.4. The fraction of sp³-hybridized carbons (Fsp3) is 0.0952. The van der Waals surface area contributed by atoms with Gasteiger partial charge in [0.2, 0.25) is 0 Å². The van der Waals surface area contributed by atoms with Crippen molar-refractivity contribution in [2.24, 2.45) is 0 Å². The standard InChI is InChI=1S/C21H17N3O2S/c25-20(23-12-10-15-5-3-4-11-22-15)14-8-9-19-17(13-14)24-21(26)16-6-1-2-7-18(16)27-19/h1-9,11,13H,10,12H2,(H,23,25)(H,24,26). The number of amides is 2. The molecule has 0 fully saturated rings. The van der Waals surface area contributed by atoms with E-state index in [0.29, 0.717) is 29.8 Å². The number of benzene rings is 2. The van der Waals surface area contributed by atoms with E-state index < -0.39 is 0 Å². The Bertz CT molecular complexity index is 1010. The Morgan fingerprint density at radius 3 is 2.74 bits per heavy atom. The summed E-state index contributed by atoms with van der Waals surface area (Å²) in [5.74, 6) is -0.334. The molecular formula is C21H17N3O2S. The van der Waals surface area contributed by atoms with Gasteiger partial charge in [-0.15, -0.1) is 0 Å². The molecule has 1 aromatic heterocycles. The highest BCUT2D eigenvalue weighted by Crippen LogP contribution is 2.38. The predicted octanol–water partition coefficient (Wildman–Crippen LogP) is 3.77. The zero-order valence-corrected chi connectivity index (χ0v) is 15.3. The number of hydrogen-bond donors (Lipinski definition) is 2. The summed E-state index contributed by atoms with van der Waals surface area (Å²) in [6, 6.07) is 18.6. The number of carbonyl (C=O) groups excluding carboxylic acids is 2. The predicted molar refractivity (Wildman–Crippen MR) is 105 cm³/mol. The Labute approximate surface area is 161 Å². The first kappa shape index (κ1) is 17.3. The largest absolute Gasteiger partial charge is 0.352 e. The third kappa shape index (κ3) is 3.85. The SMILES string of the molecule is O=C(NCCc1ccccn1)c1ccc2c(c1)NC(=O)c1ccccc1S2. The van der Waals surface area contributed by atoms with Crippen LogP contribution in [0.25, 0.3) is 0 Å². The highest BCUT2D eigenvalue weighted by atomic mass is 32.2. The summed E-state index contributed by atoms with van der Waals surface area (Å²) in [7, 11) is 0. The van der Waals surface area contributed by atoms with Crippen LogP contribution in [0, 0.1) is 0 Å². The van der Waals surface area contributed by atoms with Gasteiger partial charge in [-0.2, -0.15) is 0 Å². The molecule has 2 N–H and O–H groups in total.